The normalized spacial score (nSPS) is 12.3. The Labute approximate surface area is 136 Å². The first-order chi connectivity index (χ1) is 11.0. The SMILES string of the molecule is CCc1cccc2c(CC(=O)N(CC)C[C@@H](C)C(=O)O)c[nH]c12. The number of likely N-dealkylation sites (N-methyl/N-ethyl adjacent to an activating group) is 1. The summed E-state index contributed by atoms with van der Waals surface area (Å²) in [7, 11) is 0. The van der Waals surface area contributed by atoms with Gasteiger partial charge in [-0.05, 0) is 24.5 Å². The van der Waals surface area contributed by atoms with Crippen LogP contribution < -0.4 is 0 Å². The number of para-hydroxylation sites is 1. The van der Waals surface area contributed by atoms with Crippen LogP contribution in [0.4, 0.5) is 0 Å². The predicted octanol–water partition coefficient (Wildman–Crippen LogP) is 2.84. The molecule has 5 heteroatoms. The van der Waals surface area contributed by atoms with Gasteiger partial charge in [-0.15, -0.1) is 0 Å². The second-order valence-electron chi connectivity index (χ2n) is 5.86. The fraction of sp³-hybridized carbons (Fsp3) is 0.444. The van der Waals surface area contributed by atoms with Crippen molar-refractivity contribution in [3.05, 3.63) is 35.5 Å². The van der Waals surface area contributed by atoms with E-state index in [1.165, 1.54) is 5.56 Å². The molecule has 0 aliphatic rings. The molecule has 23 heavy (non-hydrogen) atoms. The molecule has 2 rings (SSSR count). The van der Waals surface area contributed by atoms with Crippen molar-refractivity contribution in [1.29, 1.82) is 0 Å². The molecule has 1 heterocycles. The van der Waals surface area contributed by atoms with Crippen LogP contribution in [0.1, 0.15) is 31.9 Å². The smallest absolute Gasteiger partial charge is 0.308 e. The Morgan fingerprint density at radius 3 is 2.61 bits per heavy atom. The van der Waals surface area contributed by atoms with E-state index in [2.05, 4.69) is 18.0 Å². The number of H-pyrrole nitrogens is 1. The van der Waals surface area contributed by atoms with Gasteiger partial charge in [-0.1, -0.05) is 32.0 Å². The Morgan fingerprint density at radius 1 is 1.26 bits per heavy atom. The number of rotatable bonds is 7. The highest BCUT2D eigenvalue weighted by Gasteiger charge is 2.20. The number of amides is 1. The number of carbonyl (C=O) groups excluding carboxylic acids is 1. The number of nitrogens with one attached hydrogen (secondary N) is 1. The highest BCUT2D eigenvalue weighted by atomic mass is 16.4. The lowest BCUT2D eigenvalue weighted by molar-refractivity contribution is -0.142. The van der Waals surface area contributed by atoms with E-state index in [0.717, 1.165) is 22.9 Å². The zero-order chi connectivity index (χ0) is 17.0. The largest absolute Gasteiger partial charge is 0.481 e. The lowest BCUT2D eigenvalue weighted by atomic mass is 10.0. The third-order valence-electron chi connectivity index (χ3n) is 4.26. The summed E-state index contributed by atoms with van der Waals surface area (Å²) in [4.78, 5) is 28.4. The molecule has 0 fully saturated rings. The second-order valence-corrected chi connectivity index (χ2v) is 5.86. The van der Waals surface area contributed by atoms with E-state index in [-0.39, 0.29) is 18.9 Å². The highest BCUT2D eigenvalue weighted by Crippen LogP contribution is 2.23. The van der Waals surface area contributed by atoms with E-state index >= 15 is 0 Å². The summed E-state index contributed by atoms with van der Waals surface area (Å²) in [5.41, 5.74) is 3.27. The number of aliphatic carboxylic acids is 1. The van der Waals surface area contributed by atoms with Gasteiger partial charge in [-0.2, -0.15) is 0 Å². The molecule has 2 N–H and O–H groups in total. The molecule has 1 aromatic heterocycles. The number of nitrogens with zero attached hydrogens (tertiary/aromatic N) is 1. The number of aromatic nitrogens is 1. The molecular weight excluding hydrogens is 292 g/mol. The standard InChI is InChI=1S/C18H24N2O3/c1-4-13-7-6-8-15-14(10-19-17(13)15)9-16(21)20(5-2)11-12(3)18(22)23/h6-8,10,12,19H,4-5,9,11H2,1-3H3,(H,22,23)/t12-/m1/s1. The van der Waals surface area contributed by atoms with Crippen molar-refractivity contribution in [3.8, 4) is 0 Å². The minimum atomic E-state index is -0.879. The number of aryl methyl sites for hydroxylation is 1. The number of fused-ring (bicyclic) bond motifs is 1. The Balaban J connectivity index is 2.17. The zero-order valence-electron chi connectivity index (χ0n) is 13.9. The summed E-state index contributed by atoms with van der Waals surface area (Å²) in [6.07, 6.45) is 3.10. The quantitative estimate of drug-likeness (QED) is 0.825. The molecule has 2 aromatic rings. The van der Waals surface area contributed by atoms with Gasteiger partial charge in [-0.25, -0.2) is 0 Å². The van der Waals surface area contributed by atoms with E-state index < -0.39 is 11.9 Å². The number of carboxylic acids is 1. The summed E-state index contributed by atoms with van der Waals surface area (Å²) in [5.74, 6) is -1.48. The molecule has 1 amide bonds. The summed E-state index contributed by atoms with van der Waals surface area (Å²) >= 11 is 0. The van der Waals surface area contributed by atoms with Crippen molar-refractivity contribution in [2.24, 2.45) is 5.92 Å². The minimum Gasteiger partial charge on any atom is -0.481 e. The van der Waals surface area contributed by atoms with Gasteiger partial charge in [0.1, 0.15) is 0 Å². The molecule has 5 nitrogen and oxygen atoms in total. The molecule has 0 unspecified atom stereocenters. The van der Waals surface area contributed by atoms with E-state index in [1.54, 1.807) is 11.8 Å². The Hall–Kier alpha value is -2.30. The number of aromatic amines is 1. The average Bonchev–Trinajstić information content (AvgIpc) is 2.95. The molecule has 0 bridgehead atoms. The zero-order valence-corrected chi connectivity index (χ0v) is 13.9. The first kappa shape index (κ1) is 17.1. The lowest BCUT2D eigenvalue weighted by Gasteiger charge is -2.22. The van der Waals surface area contributed by atoms with Gasteiger partial charge < -0.3 is 15.0 Å². The van der Waals surface area contributed by atoms with Gasteiger partial charge in [0.25, 0.3) is 0 Å². The third-order valence-corrected chi connectivity index (χ3v) is 4.26. The lowest BCUT2D eigenvalue weighted by Crippen LogP contribution is -2.37. The fourth-order valence-electron chi connectivity index (χ4n) is 2.81. The maximum absolute atomic E-state index is 12.5. The first-order valence-electron chi connectivity index (χ1n) is 8.06. The van der Waals surface area contributed by atoms with Crippen LogP contribution in [0.3, 0.4) is 0 Å². The van der Waals surface area contributed by atoms with Crippen LogP contribution in [0.15, 0.2) is 24.4 Å². The van der Waals surface area contributed by atoms with Gasteiger partial charge in [0.2, 0.25) is 5.91 Å². The van der Waals surface area contributed by atoms with Gasteiger partial charge in [0, 0.05) is 30.2 Å². The first-order valence-corrected chi connectivity index (χ1v) is 8.06. The Bertz CT molecular complexity index is 705. The van der Waals surface area contributed by atoms with Gasteiger partial charge >= 0.3 is 5.97 Å². The van der Waals surface area contributed by atoms with Crippen LogP contribution in [0, 0.1) is 5.92 Å². The number of carbonyl (C=O) groups is 2. The van der Waals surface area contributed by atoms with Crippen molar-refractivity contribution in [2.75, 3.05) is 13.1 Å². The molecular formula is C18H24N2O3. The monoisotopic (exact) mass is 316 g/mol. The van der Waals surface area contributed by atoms with Crippen LogP contribution in [-0.2, 0) is 22.4 Å². The summed E-state index contributed by atoms with van der Waals surface area (Å²) < 4.78 is 0. The van der Waals surface area contributed by atoms with Crippen molar-refractivity contribution in [1.82, 2.24) is 9.88 Å². The number of hydrogen-bond acceptors (Lipinski definition) is 2. The van der Waals surface area contributed by atoms with Crippen LogP contribution in [0.2, 0.25) is 0 Å². The van der Waals surface area contributed by atoms with Crippen LogP contribution >= 0.6 is 0 Å². The Morgan fingerprint density at radius 2 is 2.00 bits per heavy atom. The summed E-state index contributed by atoms with van der Waals surface area (Å²) in [5, 5.41) is 10.1. The number of hydrogen-bond donors (Lipinski definition) is 2. The molecule has 0 radical (unpaired) electrons. The number of benzene rings is 1. The fourth-order valence-corrected chi connectivity index (χ4v) is 2.81. The summed E-state index contributed by atoms with van der Waals surface area (Å²) in [6.45, 7) is 6.35. The maximum Gasteiger partial charge on any atom is 0.308 e. The molecule has 124 valence electrons. The predicted molar refractivity (Wildman–Crippen MR) is 90.4 cm³/mol. The second kappa shape index (κ2) is 7.31. The molecule has 0 spiro atoms. The molecule has 0 saturated heterocycles. The average molecular weight is 316 g/mol. The summed E-state index contributed by atoms with van der Waals surface area (Å²) in [6, 6.07) is 6.11. The van der Waals surface area contributed by atoms with E-state index in [0.29, 0.717) is 6.54 Å². The minimum absolute atomic E-state index is 0.0385. The maximum atomic E-state index is 12.5. The van der Waals surface area contributed by atoms with Crippen molar-refractivity contribution in [3.63, 3.8) is 0 Å². The third kappa shape index (κ3) is 3.73. The van der Waals surface area contributed by atoms with Gasteiger partial charge in [0.05, 0.1) is 12.3 Å². The van der Waals surface area contributed by atoms with E-state index in [9.17, 15) is 9.59 Å². The molecule has 0 saturated carbocycles. The van der Waals surface area contributed by atoms with Gasteiger partial charge in [-0.3, -0.25) is 9.59 Å². The Kier molecular flexibility index (Phi) is 5.42. The highest BCUT2D eigenvalue weighted by molar-refractivity contribution is 5.90. The topological polar surface area (TPSA) is 73.4 Å². The van der Waals surface area contributed by atoms with Crippen LogP contribution in [0.25, 0.3) is 10.9 Å². The van der Waals surface area contributed by atoms with E-state index in [4.69, 9.17) is 5.11 Å². The van der Waals surface area contributed by atoms with E-state index in [1.807, 2.05) is 25.3 Å². The molecule has 1 atom stereocenters. The van der Waals surface area contributed by atoms with Crippen molar-refractivity contribution in [2.45, 2.75) is 33.6 Å². The van der Waals surface area contributed by atoms with Crippen molar-refractivity contribution < 1.29 is 14.7 Å². The van der Waals surface area contributed by atoms with Gasteiger partial charge in [0.15, 0.2) is 0 Å². The van der Waals surface area contributed by atoms with Crippen molar-refractivity contribution >= 4 is 22.8 Å². The molecule has 0 aliphatic carbocycles. The molecule has 0 aliphatic heterocycles. The number of carboxylic acid groups (broad SMARTS) is 1. The molecule has 1 aromatic carbocycles. The van der Waals surface area contributed by atoms with Crippen LogP contribution in [0.5, 0.6) is 0 Å². The van der Waals surface area contributed by atoms with Crippen LogP contribution in [-0.4, -0.2) is 40.0 Å².